The predicted molar refractivity (Wildman–Crippen MR) is 65.3 cm³/mol. The molecule has 1 aromatic rings. The van der Waals surface area contributed by atoms with Crippen LogP contribution in [0.15, 0.2) is 23.4 Å². The van der Waals surface area contributed by atoms with Gasteiger partial charge < -0.3 is 14.7 Å². The Bertz CT molecular complexity index is 398. The van der Waals surface area contributed by atoms with Gasteiger partial charge in [0.05, 0.1) is 19.4 Å². The minimum atomic E-state index is 0.247. The van der Waals surface area contributed by atoms with E-state index in [9.17, 15) is 0 Å². The number of rotatable bonds is 4. The van der Waals surface area contributed by atoms with E-state index in [2.05, 4.69) is 5.16 Å². The van der Waals surface area contributed by atoms with Crippen molar-refractivity contribution in [2.75, 3.05) is 7.11 Å². The lowest BCUT2D eigenvalue weighted by Crippen LogP contribution is -2.13. The fourth-order valence-electron chi connectivity index (χ4n) is 2.16. The van der Waals surface area contributed by atoms with Gasteiger partial charge in [-0.2, -0.15) is 0 Å². The van der Waals surface area contributed by atoms with Crippen LogP contribution in [0.3, 0.4) is 0 Å². The van der Waals surface area contributed by atoms with E-state index in [4.69, 9.17) is 14.7 Å². The monoisotopic (exact) mass is 235 g/mol. The highest BCUT2D eigenvalue weighted by atomic mass is 16.5. The highest BCUT2D eigenvalue weighted by Crippen LogP contribution is 2.33. The topological polar surface area (TPSA) is 51.0 Å². The van der Waals surface area contributed by atoms with Gasteiger partial charge in [0.15, 0.2) is 11.5 Å². The fraction of sp³-hybridized carbons (Fsp3) is 0.462. The average molecular weight is 235 g/mol. The van der Waals surface area contributed by atoms with Gasteiger partial charge in [0.2, 0.25) is 0 Å². The zero-order chi connectivity index (χ0) is 12.1. The minimum absolute atomic E-state index is 0.247. The largest absolute Gasteiger partial charge is 0.493 e. The van der Waals surface area contributed by atoms with Gasteiger partial charge in [0, 0.05) is 5.56 Å². The summed E-state index contributed by atoms with van der Waals surface area (Å²) in [6.07, 6.45) is 6.19. The van der Waals surface area contributed by atoms with Crippen LogP contribution in [0.2, 0.25) is 0 Å². The molecule has 0 radical (unpaired) electrons. The van der Waals surface area contributed by atoms with Crippen molar-refractivity contribution in [3.63, 3.8) is 0 Å². The van der Waals surface area contributed by atoms with Gasteiger partial charge in [-0.25, -0.2) is 0 Å². The molecular weight excluding hydrogens is 218 g/mol. The molecule has 1 fully saturated rings. The van der Waals surface area contributed by atoms with Crippen LogP contribution >= 0.6 is 0 Å². The maximum absolute atomic E-state index is 8.64. The van der Waals surface area contributed by atoms with Crippen LogP contribution in [0.1, 0.15) is 31.2 Å². The van der Waals surface area contributed by atoms with E-state index in [1.807, 2.05) is 18.2 Å². The van der Waals surface area contributed by atoms with Crippen molar-refractivity contribution in [1.29, 1.82) is 0 Å². The van der Waals surface area contributed by atoms with E-state index in [0.717, 1.165) is 18.4 Å². The molecule has 0 spiro atoms. The summed E-state index contributed by atoms with van der Waals surface area (Å²) in [5.41, 5.74) is 0.735. The second-order valence-electron chi connectivity index (χ2n) is 4.15. The summed E-state index contributed by atoms with van der Waals surface area (Å²) < 4.78 is 11.2. The number of nitrogens with zero attached hydrogens (tertiary/aromatic N) is 1. The van der Waals surface area contributed by atoms with E-state index in [1.54, 1.807) is 7.11 Å². The second kappa shape index (κ2) is 5.57. The third-order valence-electron chi connectivity index (χ3n) is 3.01. The average Bonchev–Trinajstić information content (AvgIpc) is 2.84. The number of para-hydroxylation sites is 1. The van der Waals surface area contributed by atoms with Crippen LogP contribution in [-0.4, -0.2) is 24.6 Å². The van der Waals surface area contributed by atoms with Crippen molar-refractivity contribution in [2.24, 2.45) is 5.16 Å². The van der Waals surface area contributed by atoms with Gasteiger partial charge in [-0.1, -0.05) is 11.2 Å². The summed E-state index contributed by atoms with van der Waals surface area (Å²) in [5.74, 6) is 1.34. The van der Waals surface area contributed by atoms with Gasteiger partial charge in [-0.15, -0.1) is 0 Å². The normalized spacial score (nSPS) is 16.5. The molecule has 0 amide bonds. The predicted octanol–water partition coefficient (Wildman–Crippen LogP) is 2.82. The number of methoxy groups -OCH3 is 1. The minimum Gasteiger partial charge on any atom is -0.493 e. The van der Waals surface area contributed by atoms with Crippen LogP contribution in [0.5, 0.6) is 11.5 Å². The molecule has 1 aliphatic rings. The van der Waals surface area contributed by atoms with Crippen LogP contribution in [0.4, 0.5) is 0 Å². The highest BCUT2D eigenvalue weighted by molar-refractivity contribution is 5.84. The highest BCUT2D eigenvalue weighted by Gasteiger charge is 2.19. The van der Waals surface area contributed by atoms with Crippen molar-refractivity contribution in [2.45, 2.75) is 31.8 Å². The summed E-state index contributed by atoms with van der Waals surface area (Å²) in [6.45, 7) is 0. The Morgan fingerprint density at radius 1 is 1.35 bits per heavy atom. The van der Waals surface area contributed by atoms with E-state index in [-0.39, 0.29) is 6.10 Å². The quantitative estimate of drug-likeness (QED) is 0.496. The maximum atomic E-state index is 8.64. The fourth-order valence-corrected chi connectivity index (χ4v) is 2.16. The first-order valence-corrected chi connectivity index (χ1v) is 5.86. The smallest absolute Gasteiger partial charge is 0.170 e. The molecule has 1 aliphatic carbocycles. The Labute approximate surface area is 101 Å². The first-order valence-electron chi connectivity index (χ1n) is 5.86. The van der Waals surface area contributed by atoms with Crippen molar-refractivity contribution < 1.29 is 14.7 Å². The second-order valence-corrected chi connectivity index (χ2v) is 4.15. The molecule has 0 aliphatic heterocycles. The van der Waals surface area contributed by atoms with Gasteiger partial charge in [-0.3, -0.25) is 0 Å². The lowest BCUT2D eigenvalue weighted by Gasteiger charge is -2.17. The number of oxime groups is 1. The van der Waals surface area contributed by atoms with E-state index >= 15 is 0 Å². The Balaban J connectivity index is 2.26. The van der Waals surface area contributed by atoms with E-state index < -0.39 is 0 Å². The third-order valence-corrected chi connectivity index (χ3v) is 3.01. The van der Waals surface area contributed by atoms with Gasteiger partial charge in [0.25, 0.3) is 0 Å². The first kappa shape index (κ1) is 11.8. The number of hydrogen-bond donors (Lipinski definition) is 1. The van der Waals surface area contributed by atoms with Gasteiger partial charge in [0.1, 0.15) is 0 Å². The third kappa shape index (κ3) is 2.70. The Kier molecular flexibility index (Phi) is 3.85. The molecule has 17 heavy (non-hydrogen) atoms. The van der Waals surface area contributed by atoms with E-state index in [0.29, 0.717) is 11.5 Å². The zero-order valence-corrected chi connectivity index (χ0v) is 9.93. The molecule has 0 saturated heterocycles. The van der Waals surface area contributed by atoms with Gasteiger partial charge in [-0.05, 0) is 37.8 Å². The van der Waals surface area contributed by atoms with Crippen molar-refractivity contribution >= 4 is 6.21 Å². The van der Waals surface area contributed by atoms with Crippen molar-refractivity contribution in [3.05, 3.63) is 23.8 Å². The van der Waals surface area contributed by atoms with Gasteiger partial charge >= 0.3 is 0 Å². The molecule has 0 aromatic heterocycles. The lowest BCUT2D eigenvalue weighted by molar-refractivity contribution is 0.200. The molecule has 0 atom stereocenters. The Hall–Kier alpha value is -1.71. The molecule has 0 unspecified atom stereocenters. The SMILES string of the molecule is COc1cccc(/C=N/O)c1OC1CCCC1. The molecule has 1 aromatic carbocycles. The summed E-state index contributed by atoms with van der Waals surface area (Å²) in [4.78, 5) is 0. The van der Waals surface area contributed by atoms with Crippen LogP contribution < -0.4 is 9.47 Å². The van der Waals surface area contributed by atoms with Crippen LogP contribution in [0, 0.1) is 0 Å². The standard InChI is InChI=1S/C13H17NO3/c1-16-12-8-4-5-10(9-14-15)13(12)17-11-6-2-3-7-11/h4-5,8-9,11,15H,2-3,6-7H2,1H3/b14-9+. The summed E-state index contributed by atoms with van der Waals surface area (Å²) >= 11 is 0. The molecule has 0 bridgehead atoms. The molecule has 1 N–H and O–H groups in total. The molecule has 4 nitrogen and oxygen atoms in total. The summed E-state index contributed by atoms with van der Waals surface area (Å²) in [6, 6.07) is 5.53. The first-order chi connectivity index (χ1) is 8.35. The Morgan fingerprint density at radius 3 is 2.76 bits per heavy atom. The van der Waals surface area contributed by atoms with Crippen molar-refractivity contribution in [1.82, 2.24) is 0 Å². The Morgan fingerprint density at radius 2 is 2.12 bits per heavy atom. The maximum Gasteiger partial charge on any atom is 0.170 e. The zero-order valence-electron chi connectivity index (χ0n) is 9.93. The lowest BCUT2D eigenvalue weighted by atomic mass is 10.2. The van der Waals surface area contributed by atoms with Crippen molar-refractivity contribution in [3.8, 4) is 11.5 Å². The molecule has 2 rings (SSSR count). The summed E-state index contributed by atoms with van der Waals surface area (Å²) in [7, 11) is 1.61. The van der Waals surface area contributed by atoms with Crippen LogP contribution in [-0.2, 0) is 0 Å². The number of hydrogen-bond acceptors (Lipinski definition) is 4. The summed E-state index contributed by atoms with van der Waals surface area (Å²) in [5, 5.41) is 11.7. The molecule has 4 heteroatoms. The van der Waals surface area contributed by atoms with E-state index in [1.165, 1.54) is 19.1 Å². The number of benzene rings is 1. The molecule has 0 heterocycles. The molecular formula is C13H17NO3. The molecule has 92 valence electrons. The molecule has 1 saturated carbocycles. The van der Waals surface area contributed by atoms with Crippen LogP contribution in [0.25, 0.3) is 0 Å². The number of ether oxygens (including phenoxy) is 2.